The van der Waals surface area contributed by atoms with Gasteiger partial charge in [-0.2, -0.15) is 0 Å². The number of rotatable bonds is 5. The van der Waals surface area contributed by atoms with E-state index >= 15 is 0 Å². The quantitative estimate of drug-likeness (QED) is 0.458. The lowest BCUT2D eigenvalue weighted by Gasteiger charge is -2.13. The molecule has 0 aliphatic carbocycles. The van der Waals surface area contributed by atoms with Gasteiger partial charge in [0.05, 0.1) is 13.2 Å². The fourth-order valence-electron chi connectivity index (χ4n) is 3.22. The molecule has 0 radical (unpaired) electrons. The minimum absolute atomic E-state index is 0.0331. The van der Waals surface area contributed by atoms with E-state index < -0.39 is 5.97 Å². The molecule has 1 aliphatic rings. The standard InChI is InChI=1S/C24H21NO4/c1-15(2)28-21-12-11-16(14-22(21)27-3)13-20-24(26)29-23(25-20)19-10-6-8-17-7-4-5-9-18(17)19/h4-15H,1-3H3. The highest BCUT2D eigenvalue weighted by Gasteiger charge is 2.25. The fraction of sp³-hybridized carbons (Fsp3) is 0.167. The molecule has 3 aromatic rings. The Morgan fingerprint density at radius 1 is 1.00 bits per heavy atom. The summed E-state index contributed by atoms with van der Waals surface area (Å²) in [7, 11) is 1.58. The van der Waals surface area contributed by atoms with Gasteiger partial charge < -0.3 is 14.2 Å². The molecule has 0 unspecified atom stereocenters. The Morgan fingerprint density at radius 3 is 2.59 bits per heavy atom. The van der Waals surface area contributed by atoms with E-state index in [1.54, 1.807) is 13.2 Å². The first-order valence-electron chi connectivity index (χ1n) is 9.40. The van der Waals surface area contributed by atoms with Gasteiger partial charge in [0.15, 0.2) is 17.2 Å². The van der Waals surface area contributed by atoms with Crippen LogP contribution in [0.1, 0.15) is 25.0 Å². The van der Waals surface area contributed by atoms with Gasteiger partial charge in [0.2, 0.25) is 5.90 Å². The van der Waals surface area contributed by atoms with Gasteiger partial charge in [-0.1, -0.05) is 42.5 Å². The second-order valence-corrected chi connectivity index (χ2v) is 6.94. The van der Waals surface area contributed by atoms with Crippen LogP contribution in [-0.4, -0.2) is 25.1 Å². The molecule has 1 heterocycles. The number of cyclic esters (lactones) is 1. The zero-order valence-electron chi connectivity index (χ0n) is 16.5. The normalized spacial score (nSPS) is 15.0. The predicted octanol–water partition coefficient (Wildman–Crippen LogP) is 4.98. The Kier molecular flexibility index (Phi) is 5.04. The zero-order valence-corrected chi connectivity index (χ0v) is 16.5. The van der Waals surface area contributed by atoms with Crippen LogP contribution < -0.4 is 9.47 Å². The summed E-state index contributed by atoms with van der Waals surface area (Å²) in [6.45, 7) is 3.90. The largest absolute Gasteiger partial charge is 0.493 e. The van der Waals surface area contributed by atoms with Crippen molar-refractivity contribution in [3.05, 3.63) is 77.5 Å². The lowest BCUT2D eigenvalue weighted by molar-refractivity contribution is -0.129. The molecule has 29 heavy (non-hydrogen) atoms. The van der Waals surface area contributed by atoms with Gasteiger partial charge in [0.25, 0.3) is 0 Å². The lowest BCUT2D eigenvalue weighted by atomic mass is 10.0. The van der Waals surface area contributed by atoms with Gasteiger partial charge in [-0.25, -0.2) is 9.79 Å². The van der Waals surface area contributed by atoms with Crippen molar-refractivity contribution in [2.45, 2.75) is 20.0 Å². The first-order valence-corrected chi connectivity index (χ1v) is 9.40. The third kappa shape index (κ3) is 3.85. The molecule has 3 aromatic carbocycles. The van der Waals surface area contributed by atoms with Crippen LogP contribution in [0.5, 0.6) is 11.5 Å². The van der Waals surface area contributed by atoms with Crippen molar-refractivity contribution in [3.63, 3.8) is 0 Å². The zero-order chi connectivity index (χ0) is 20.4. The number of esters is 1. The van der Waals surface area contributed by atoms with E-state index in [1.165, 1.54) is 0 Å². The monoisotopic (exact) mass is 387 g/mol. The number of aliphatic imine (C=N–C) groups is 1. The Balaban J connectivity index is 1.69. The van der Waals surface area contributed by atoms with Crippen LogP contribution >= 0.6 is 0 Å². The average molecular weight is 387 g/mol. The number of hydrogen-bond donors (Lipinski definition) is 0. The predicted molar refractivity (Wildman–Crippen MR) is 113 cm³/mol. The highest BCUT2D eigenvalue weighted by molar-refractivity contribution is 6.17. The Morgan fingerprint density at radius 2 is 1.79 bits per heavy atom. The number of benzene rings is 3. The average Bonchev–Trinajstić information content (AvgIpc) is 3.08. The Labute approximate surface area is 169 Å². The summed E-state index contributed by atoms with van der Waals surface area (Å²) in [5.74, 6) is 1.08. The smallest absolute Gasteiger partial charge is 0.363 e. The molecular formula is C24H21NO4. The van der Waals surface area contributed by atoms with E-state index in [-0.39, 0.29) is 11.8 Å². The van der Waals surface area contributed by atoms with Crippen LogP contribution in [0.15, 0.2) is 71.4 Å². The van der Waals surface area contributed by atoms with Crippen molar-refractivity contribution >= 4 is 28.7 Å². The van der Waals surface area contributed by atoms with E-state index in [0.29, 0.717) is 17.4 Å². The number of ether oxygens (including phenoxy) is 3. The van der Waals surface area contributed by atoms with E-state index in [0.717, 1.165) is 21.9 Å². The van der Waals surface area contributed by atoms with Crippen LogP contribution in [0.4, 0.5) is 0 Å². The molecule has 5 nitrogen and oxygen atoms in total. The molecule has 146 valence electrons. The number of hydrogen-bond acceptors (Lipinski definition) is 5. The lowest BCUT2D eigenvalue weighted by Crippen LogP contribution is -2.06. The molecule has 0 fully saturated rings. The molecule has 0 saturated heterocycles. The summed E-state index contributed by atoms with van der Waals surface area (Å²) >= 11 is 0. The SMILES string of the molecule is COc1cc(C=C2N=C(c3cccc4ccccc34)OC2=O)ccc1OC(C)C. The van der Waals surface area contributed by atoms with Gasteiger partial charge in [-0.3, -0.25) is 0 Å². The van der Waals surface area contributed by atoms with Gasteiger partial charge in [0, 0.05) is 5.56 Å². The molecule has 0 saturated carbocycles. The summed E-state index contributed by atoms with van der Waals surface area (Å²) in [5, 5.41) is 2.05. The molecule has 4 rings (SSSR count). The maximum atomic E-state index is 12.4. The minimum Gasteiger partial charge on any atom is -0.493 e. The maximum Gasteiger partial charge on any atom is 0.363 e. The summed E-state index contributed by atoms with van der Waals surface area (Å²) in [6, 6.07) is 19.2. The van der Waals surface area contributed by atoms with Crippen LogP contribution in [-0.2, 0) is 9.53 Å². The summed E-state index contributed by atoms with van der Waals surface area (Å²) in [5.41, 5.74) is 1.80. The Hall–Kier alpha value is -3.60. The van der Waals surface area contributed by atoms with E-state index in [4.69, 9.17) is 14.2 Å². The molecule has 0 spiro atoms. The molecule has 1 aliphatic heterocycles. The highest BCUT2D eigenvalue weighted by Crippen LogP contribution is 2.31. The first kappa shape index (κ1) is 18.7. The molecule has 5 heteroatoms. The van der Waals surface area contributed by atoms with Crippen LogP contribution in [0.2, 0.25) is 0 Å². The summed E-state index contributed by atoms with van der Waals surface area (Å²) in [6.07, 6.45) is 1.72. The van der Waals surface area contributed by atoms with Crippen molar-refractivity contribution in [2.75, 3.05) is 7.11 Å². The highest BCUT2D eigenvalue weighted by atomic mass is 16.6. The summed E-state index contributed by atoms with van der Waals surface area (Å²) in [4.78, 5) is 16.8. The molecule has 0 aromatic heterocycles. The second kappa shape index (κ2) is 7.80. The Bertz CT molecular complexity index is 1140. The van der Waals surface area contributed by atoms with Gasteiger partial charge in [-0.15, -0.1) is 0 Å². The summed E-state index contributed by atoms with van der Waals surface area (Å²) < 4.78 is 16.6. The second-order valence-electron chi connectivity index (χ2n) is 6.94. The number of nitrogens with zero attached hydrogens (tertiary/aromatic N) is 1. The van der Waals surface area contributed by atoms with Crippen molar-refractivity contribution in [1.82, 2.24) is 0 Å². The molecule has 0 amide bonds. The number of carbonyl (C=O) groups excluding carboxylic acids is 1. The van der Waals surface area contributed by atoms with Crippen LogP contribution in [0, 0.1) is 0 Å². The van der Waals surface area contributed by atoms with Crippen LogP contribution in [0.3, 0.4) is 0 Å². The molecular weight excluding hydrogens is 366 g/mol. The van der Waals surface area contributed by atoms with E-state index in [1.807, 2.05) is 74.5 Å². The number of methoxy groups -OCH3 is 1. The fourth-order valence-corrected chi connectivity index (χ4v) is 3.22. The van der Waals surface area contributed by atoms with Crippen LogP contribution in [0.25, 0.3) is 16.8 Å². The van der Waals surface area contributed by atoms with Gasteiger partial charge in [-0.05, 0) is 54.5 Å². The minimum atomic E-state index is -0.477. The van der Waals surface area contributed by atoms with Gasteiger partial charge in [0.1, 0.15) is 0 Å². The topological polar surface area (TPSA) is 57.1 Å². The van der Waals surface area contributed by atoms with Crippen molar-refractivity contribution in [2.24, 2.45) is 4.99 Å². The first-order chi connectivity index (χ1) is 14.0. The molecule has 0 N–H and O–H groups in total. The van der Waals surface area contributed by atoms with Gasteiger partial charge >= 0.3 is 5.97 Å². The van der Waals surface area contributed by atoms with Crippen molar-refractivity contribution in [3.8, 4) is 11.5 Å². The number of carbonyl (C=O) groups is 1. The third-order valence-electron chi connectivity index (χ3n) is 4.49. The maximum absolute atomic E-state index is 12.4. The van der Waals surface area contributed by atoms with E-state index in [2.05, 4.69) is 4.99 Å². The third-order valence-corrected chi connectivity index (χ3v) is 4.49. The molecule has 0 atom stereocenters. The number of fused-ring (bicyclic) bond motifs is 1. The van der Waals surface area contributed by atoms with Crippen molar-refractivity contribution in [1.29, 1.82) is 0 Å². The van der Waals surface area contributed by atoms with E-state index in [9.17, 15) is 4.79 Å². The van der Waals surface area contributed by atoms with Crippen molar-refractivity contribution < 1.29 is 19.0 Å². The molecule has 0 bridgehead atoms.